The highest BCUT2D eigenvalue weighted by atomic mass is 16.5. The number of aryl methyl sites for hydroxylation is 1. The van der Waals surface area contributed by atoms with Crippen LogP contribution in [0.5, 0.6) is 5.75 Å². The molecule has 2 nitrogen and oxygen atoms in total. The molecule has 0 fully saturated rings. The van der Waals surface area contributed by atoms with Crippen molar-refractivity contribution in [3.05, 3.63) is 65.2 Å². The van der Waals surface area contributed by atoms with Crippen LogP contribution in [-0.4, -0.2) is 12.6 Å². The summed E-state index contributed by atoms with van der Waals surface area (Å²) in [6, 6.07) is 16.8. The van der Waals surface area contributed by atoms with Crippen molar-refractivity contribution in [3.63, 3.8) is 0 Å². The van der Waals surface area contributed by atoms with Gasteiger partial charge in [0.15, 0.2) is 0 Å². The lowest BCUT2D eigenvalue weighted by Crippen LogP contribution is -2.25. The van der Waals surface area contributed by atoms with Crippen LogP contribution in [0.2, 0.25) is 0 Å². The van der Waals surface area contributed by atoms with Gasteiger partial charge in [-0.2, -0.15) is 0 Å². The Morgan fingerprint density at radius 2 is 1.70 bits per heavy atom. The quantitative estimate of drug-likeness (QED) is 0.871. The highest BCUT2D eigenvalue weighted by molar-refractivity contribution is 5.29. The molecule has 0 aliphatic heterocycles. The number of ether oxygens (including phenoxy) is 1. The third-order valence-electron chi connectivity index (χ3n) is 3.48. The molecule has 0 bridgehead atoms. The van der Waals surface area contributed by atoms with E-state index in [2.05, 4.69) is 43.3 Å². The van der Waals surface area contributed by atoms with E-state index < -0.39 is 0 Å². The molecule has 2 heteroatoms. The molecule has 0 amide bonds. The summed E-state index contributed by atoms with van der Waals surface area (Å²) in [6.07, 6.45) is 1.81. The molecule has 2 aromatic rings. The molecule has 0 saturated carbocycles. The van der Waals surface area contributed by atoms with Gasteiger partial charge in [0.1, 0.15) is 5.75 Å². The zero-order valence-corrected chi connectivity index (χ0v) is 12.3. The first kappa shape index (κ1) is 14.6. The van der Waals surface area contributed by atoms with Crippen molar-refractivity contribution in [2.75, 3.05) is 6.61 Å². The van der Waals surface area contributed by atoms with Crippen molar-refractivity contribution in [2.24, 2.45) is 5.73 Å². The van der Waals surface area contributed by atoms with Crippen molar-refractivity contribution in [2.45, 2.75) is 32.7 Å². The Bertz CT molecular complexity index is 533. The van der Waals surface area contributed by atoms with Crippen LogP contribution in [-0.2, 0) is 12.8 Å². The van der Waals surface area contributed by atoms with Crippen molar-refractivity contribution < 1.29 is 4.74 Å². The van der Waals surface area contributed by atoms with Gasteiger partial charge in [-0.3, -0.25) is 0 Å². The van der Waals surface area contributed by atoms with E-state index in [4.69, 9.17) is 10.5 Å². The van der Waals surface area contributed by atoms with Crippen LogP contribution in [0.4, 0.5) is 0 Å². The number of hydrogen-bond donors (Lipinski definition) is 1. The molecule has 106 valence electrons. The van der Waals surface area contributed by atoms with E-state index in [1.807, 2.05) is 19.1 Å². The van der Waals surface area contributed by atoms with E-state index in [0.29, 0.717) is 6.61 Å². The third-order valence-corrected chi connectivity index (χ3v) is 3.48. The van der Waals surface area contributed by atoms with Gasteiger partial charge < -0.3 is 10.5 Å². The lowest BCUT2D eigenvalue weighted by molar-refractivity contribution is 0.340. The average molecular weight is 269 g/mol. The lowest BCUT2D eigenvalue weighted by atomic mass is 9.97. The monoisotopic (exact) mass is 269 g/mol. The normalized spacial score (nSPS) is 12.2. The molecule has 0 spiro atoms. The van der Waals surface area contributed by atoms with Crippen LogP contribution >= 0.6 is 0 Å². The Kier molecular flexibility index (Phi) is 5.19. The van der Waals surface area contributed by atoms with Gasteiger partial charge in [-0.1, -0.05) is 36.4 Å². The maximum absolute atomic E-state index is 6.27. The molecule has 0 saturated heterocycles. The van der Waals surface area contributed by atoms with E-state index in [1.54, 1.807) is 0 Å². The molecule has 0 aliphatic carbocycles. The fourth-order valence-corrected chi connectivity index (χ4v) is 2.38. The minimum atomic E-state index is 0.147. The van der Waals surface area contributed by atoms with Gasteiger partial charge in [0.25, 0.3) is 0 Å². The number of rotatable bonds is 6. The smallest absolute Gasteiger partial charge is 0.119 e. The third kappa shape index (κ3) is 4.10. The zero-order valence-electron chi connectivity index (χ0n) is 12.3. The van der Waals surface area contributed by atoms with Crippen molar-refractivity contribution in [1.82, 2.24) is 0 Å². The van der Waals surface area contributed by atoms with Crippen LogP contribution in [0.1, 0.15) is 23.6 Å². The van der Waals surface area contributed by atoms with Gasteiger partial charge >= 0.3 is 0 Å². The Labute approximate surface area is 121 Å². The number of benzene rings is 2. The first-order valence-electron chi connectivity index (χ1n) is 7.21. The van der Waals surface area contributed by atoms with Crippen molar-refractivity contribution in [3.8, 4) is 5.75 Å². The number of nitrogens with two attached hydrogens (primary N) is 1. The highest BCUT2D eigenvalue weighted by Crippen LogP contribution is 2.15. The van der Waals surface area contributed by atoms with E-state index in [0.717, 1.165) is 18.6 Å². The minimum Gasteiger partial charge on any atom is -0.494 e. The number of hydrogen-bond acceptors (Lipinski definition) is 2. The Morgan fingerprint density at radius 3 is 2.35 bits per heavy atom. The van der Waals surface area contributed by atoms with E-state index >= 15 is 0 Å². The molecule has 0 radical (unpaired) electrons. The molecule has 1 unspecified atom stereocenters. The first-order valence-corrected chi connectivity index (χ1v) is 7.21. The van der Waals surface area contributed by atoms with Gasteiger partial charge in [0, 0.05) is 6.04 Å². The predicted octanol–water partition coefficient (Wildman–Crippen LogP) is 3.51. The molecule has 2 N–H and O–H groups in total. The van der Waals surface area contributed by atoms with E-state index in [9.17, 15) is 0 Å². The standard InChI is InChI=1S/C18H23NO/c1-3-20-18-10-8-15(9-11-18)12-17(19)13-16-7-5-4-6-14(16)2/h4-11,17H,3,12-13,19H2,1-2H3. The largest absolute Gasteiger partial charge is 0.494 e. The molecule has 2 aromatic carbocycles. The fourth-order valence-electron chi connectivity index (χ4n) is 2.38. The average Bonchev–Trinajstić information content (AvgIpc) is 2.44. The second-order valence-corrected chi connectivity index (χ2v) is 5.17. The van der Waals surface area contributed by atoms with Gasteiger partial charge in [-0.25, -0.2) is 0 Å². The van der Waals surface area contributed by atoms with Gasteiger partial charge in [0.05, 0.1) is 6.61 Å². The lowest BCUT2D eigenvalue weighted by Gasteiger charge is -2.14. The summed E-state index contributed by atoms with van der Waals surface area (Å²) in [5.74, 6) is 0.920. The summed E-state index contributed by atoms with van der Waals surface area (Å²) in [6.45, 7) is 4.83. The summed E-state index contributed by atoms with van der Waals surface area (Å²) in [7, 11) is 0. The second-order valence-electron chi connectivity index (χ2n) is 5.17. The second kappa shape index (κ2) is 7.11. The molecule has 2 rings (SSSR count). The van der Waals surface area contributed by atoms with Crippen molar-refractivity contribution in [1.29, 1.82) is 0 Å². The molecular formula is C18H23NO. The van der Waals surface area contributed by atoms with Crippen LogP contribution < -0.4 is 10.5 Å². The summed E-state index contributed by atoms with van der Waals surface area (Å²) >= 11 is 0. The minimum absolute atomic E-state index is 0.147. The van der Waals surface area contributed by atoms with Crippen LogP contribution in [0, 0.1) is 6.92 Å². The van der Waals surface area contributed by atoms with E-state index in [1.165, 1.54) is 16.7 Å². The molecule has 1 atom stereocenters. The first-order chi connectivity index (χ1) is 9.69. The maximum Gasteiger partial charge on any atom is 0.119 e. The predicted molar refractivity (Wildman–Crippen MR) is 84.2 cm³/mol. The highest BCUT2D eigenvalue weighted by Gasteiger charge is 2.07. The SMILES string of the molecule is CCOc1ccc(CC(N)Cc2ccccc2C)cc1. The van der Waals surface area contributed by atoms with Gasteiger partial charge in [-0.05, 0) is 55.5 Å². The Hall–Kier alpha value is -1.80. The van der Waals surface area contributed by atoms with Crippen LogP contribution in [0.3, 0.4) is 0 Å². The van der Waals surface area contributed by atoms with Crippen LogP contribution in [0.15, 0.2) is 48.5 Å². The molecule has 20 heavy (non-hydrogen) atoms. The Morgan fingerprint density at radius 1 is 1.00 bits per heavy atom. The van der Waals surface area contributed by atoms with Gasteiger partial charge in [-0.15, -0.1) is 0 Å². The molecule has 0 heterocycles. The topological polar surface area (TPSA) is 35.2 Å². The van der Waals surface area contributed by atoms with Crippen molar-refractivity contribution >= 4 is 0 Å². The fraction of sp³-hybridized carbons (Fsp3) is 0.333. The molecule has 0 aliphatic rings. The molecular weight excluding hydrogens is 246 g/mol. The summed E-state index contributed by atoms with van der Waals surface area (Å²) in [4.78, 5) is 0. The summed E-state index contributed by atoms with van der Waals surface area (Å²) < 4.78 is 5.45. The van der Waals surface area contributed by atoms with Crippen LogP contribution in [0.25, 0.3) is 0 Å². The zero-order chi connectivity index (χ0) is 14.4. The summed E-state index contributed by atoms with van der Waals surface area (Å²) in [5.41, 5.74) is 10.2. The summed E-state index contributed by atoms with van der Waals surface area (Å²) in [5, 5.41) is 0. The van der Waals surface area contributed by atoms with Gasteiger partial charge in [0.2, 0.25) is 0 Å². The Balaban J connectivity index is 1.94. The maximum atomic E-state index is 6.27. The molecule has 0 aromatic heterocycles. The van der Waals surface area contributed by atoms with E-state index in [-0.39, 0.29) is 6.04 Å².